The molecule has 0 bridgehead atoms. The van der Waals surface area contributed by atoms with Crippen molar-refractivity contribution in [3.63, 3.8) is 0 Å². The summed E-state index contributed by atoms with van der Waals surface area (Å²) in [6, 6.07) is 13.1. The number of hydrogen-bond acceptors (Lipinski definition) is 6. The van der Waals surface area contributed by atoms with Crippen LogP contribution in [-0.4, -0.2) is 14.8 Å². The zero-order valence-corrected chi connectivity index (χ0v) is 13.8. The third-order valence-electron chi connectivity index (χ3n) is 3.71. The molecule has 0 aliphatic rings. The van der Waals surface area contributed by atoms with E-state index in [1.165, 1.54) is 48.7 Å². The fraction of sp³-hybridized carbons (Fsp3) is 0. The van der Waals surface area contributed by atoms with E-state index in [2.05, 4.69) is 4.98 Å². The summed E-state index contributed by atoms with van der Waals surface area (Å²) in [4.78, 5) is 24.7. The predicted octanol–water partition coefficient (Wildman–Crippen LogP) is 3.37. The second kappa shape index (κ2) is 7.40. The van der Waals surface area contributed by atoms with Crippen molar-refractivity contribution in [1.82, 2.24) is 4.98 Å². The smallest absolute Gasteiger partial charge is 0.333 e. The minimum absolute atomic E-state index is 0.0138. The van der Waals surface area contributed by atoms with Crippen LogP contribution in [0.4, 0.5) is 11.4 Å². The maximum Gasteiger partial charge on any atom is 0.333 e. The number of non-ortho nitro benzene ring substituents is 2. The van der Waals surface area contributed by atoms with Crippen LogP contribution < -0.4 is 4.73 Å². The molecule has 1 heterocycles. The van der Waals surface area contributed by atoms with Gasteiger partial charge in [0.2, 0.25) is 0 Å². The average molecular weight is 364 g/mol. The van der Waals surface area contributed by atoms with E-state index < -0.39 is 9.85 Å². The van der Waals surface area contributed by atoms with Gasteiger partial charge in [-0.25, -0.2) is 4.73 Å². The molecule has 0 saturated heterocycles. The van der Waals surface area contributed by atoms with Gasteiger partial charge in [0, 0.05) is 30.3 Å². The van der Waals surface area contributed by atoms with Gasteiger partial charge in [-0.2, -0.15) is 0 Å². The number of nitro groups is 2. The van der Waals surface area contributed by atoms with E-state index in [-0.39, 0.29) is 22.9 Å². The van der Waals surface area contributed by atoms with E-state index in [9.17, 15) is 25.4 Å². The zero-order chi connectivity index (χ0) is 19.4. The lowest BCUT2D eigenvalue weighted by Crippen LogP contribution is -2.33. The summed E-state index contributed by atoms with van der Waals surface area (Å²) in [5.74, 6) is 0.0138. The van der Waals surface area contributed by atoms with E-state index in [1.807, 2.05) is 0 Å². The molecule has 134 valence electrons. The molecule has 1 aromatic heterocycles. The van der Waals surface area contributed by atoms with Gasteiger partial charge in [-0.05, 0) is 22.7 Å². The molecule has 0 N–H and O–H groups in total. The van der Waals surface area contributed by atoms with E-state index in [1.54, 1.807) is 24.3 Å². The SMILES string of the molecule is O=[N+]([O-])c1cccc(/C=C/c2ccnc(-c3cccc([N+](=O)[O-])c3)[n+]2[O-])c1. The Balaban J connectivity index is 1.96. The van der Waals surface area contributed by atoms with Crippen LogP contribution in [0, 0.1) is 25.4 Å². The van der Waals surface area contributed by atoms with E-state index >= 15 is 0 Å². The molecule has 9 nitrogen and oxygen atoms in total. The monoisotopic (exact) mass is 364 g/mol. The molecule has 0 atom stereocenters. The van der Waals surface area contributed by atoms with Crippen molar-refractivity contribution < 1.29 is 14.6 Å². The van der Waals surface area contributed by atoms with Crippen LogP contribution in [0.25, 0.3) is 23.5 Å². The Labute approximate surface area is 152 Å². The average Bonchev–Trinajstić information content (AvgIpc) is 2.67. The lowest BCUT2D eigenvalue weighted by Gasteiger charge is -2.09. The van der Waals surface area contributed by atoms with Gasteiger partial charge in [-0.15, -0.1) is 0 Å². The number of nitrogens with zero attached hydrogens (tertiary/aromatic N) is 4. The van der Waals surface area contributed by atoms with Crippen LogP contribution in [0.15, 0.2) is 60.8 Å². The maximum atomic E-state index is 12.6. The van der Waals surface area contributed by atoms with Crippen molar-refractivity contribution in [3.05, 3.63) is 97.5 Å². The Bertz CT molecular complexity index is 1070. The number of benzene rings is 2. The molecule has 0 unspecified atom stereocenters. The highest BCUT2D eigenvalue weighted by atomic mass is 16.6. The Morgan fingerprint density at radius 1 is 0.889 bits per heavy atom. The minimum Gasteiger partial charge on any atom is -0.710 e. The molecule has 0 spiro atoms. The highest BCUT2D eigenvalue weighted by Gasteiger charge is 2.16. The lowest BCUT2D eigenvalue weighted by molar-refractivity contribution is -0.598. The highest BCUT2D eigenvalue weighted by Crippen LogP contribution is 2.20. The molecule has 2 aromatic carbocycles. The number of aromatic nitrogens is 2. The summed E-state index contributed by atoms with van der Waals surface area (Å²) < 4.78 is 0.549. The first-order chi connectivity index (χ1) is 13.0. The van der Waals surface area contributed by atoms with Gasteiger partial charge in [0.25, 0.3) is 11.4 Å². The summed E-state index contributed by atoms with van der Waals surface area (Å²) in [6.45, 7) is 0. The van der Waals surface area contributed by atoms with Crippen LogP contribution in [0.2, 0.25) is 0 Å². The Morgan fingerprint density at radius 3 is 2.26 bits per heavy atom. The molecular weight excluding hydrogens is 352 g/mol. The van der Waals surface area contributed by atoms with Gasteiger partial charge >= 0.3 is 5.82 Å². The van der Waals surface area contributed by atoms with Gasteiger partial charge in [-0.1, -0.05) is 24.3 Å². The molecule has 27 heavy (non-hydrogen) atoms. The van der Waals surface area contributed by atoms with Gasteiger partial charge in [0.1, 0.15) is 11.9 Å². The first kappa shape index (κ1) is 17.7. The van der Waals surface area contributed by atoms with Crippen molar-refractivity contribution >= 4 is 23.5 Å². The molecule has 3 rings (SSSR count). The van der Waals surface area contributed by atoms with Gasteiger partial charge in [-0.3, -0.25) is 20.2 Å². The van der Waals surface area contributed by atoms with Crippen molar-refractivity contribution in [2.45, 2.75) is 0 Å². The second-order valence-corrected chi connectivity index (χ2v) is 5.48. The summed E-state index contributed by atoms with van der Waals surface area (Å²) in [5.41, 5.74) is 0.895. The molecule has 0 aliphatic heterocycles. The molecule has 0 amide bonds. The molecular formula is C18H12N4O5. The summed E-state index contributed by atoms with van der Waals surface area (Å²) >= 11 is 0. The summed E-state index contributed by atoms with van der Waals surface area (Å²) in [7, 11) is 0. The standard InChI is InChI=1S/C18H12N4O5/c23-20-15(8-7-13-3-1-5-16(11-13)21(24)25)9-10-19-18(20)14-4-2-6-17(12-14)22(26)27/h1-12H/b8-7+. The number of nitro benzene ring substituents is 2. The number of hydrogen-bond donors (Lipinski definition) is 0. The Morgan fingerprint density at radius 2 is 1.56 bits per heavy atom. The largest absolute Gasteiger partial charge is 0.710 e. The van der Waals surface area contributed by atoms with Crippen LogP contribution in [-0.2, 0) is 0 Å². The maximum absolute atomic E-state index is 12.6. The van der Waals surface area contributed by atoms with Crippen LogP contribution in [0.1, 0.15) is 11.3 Å². The summed E-state index contributed by atoms with van der Waals surface area (Å²) in [6.07, 6.45) is 4.47. The number of rotatable bonds is 5. The normalized spacial score (nSPS) is 10.8. The van der Waals surface area contributed by atoms with E-state index in [0.29, 0.717) is 15.9 Å². The topological polar surface area (TPSA) is 126 Å². The quantitative estimate of drug-likeness (QED) is 0.296. The molecule has 0 saturated carbocycles. The van der Waals surface area contributed by atoms with Crippen molar-refractivity contribution in [2.75, 3.05) is 0 Å². The van der Waals surface area contributed by atoms with Crippen LogP contribution in [0.3, 0.4) is 0 Å². The van der Waals surface area contributed by atoms with Crippen LogP contribution in [0.5, 0.6) is 0 Å². The first-order valence-electron chi connectivity index (χ1n) is 7.71. The fourth-order valence-electron chi connectivity index (χ4n) is 2.42. The van der Waals surface area contributed by atoms with Gasteiger partial charge in [0.05, 0.1) is 15.4 Å². The minimum atomic E-state index is -0.551. The highest BCUT2D eigenvalue weighted by molar-refractivity contribution is 5.68. The Hall–Kier alpha value is -4.14. The predicted molar refractivity (Wildman–Crippen MR) is 97.3 cm³/mol. The Kier molecular flexibility index (Phi) is 4.84. The molecule has 0 radical (unpaired) electrons. The molecule has 0 fully saturated rings. The molecule has 3 aromatic rings. The third kappa shape index (κ3) is 3.93. The second-order valence-electron chi connectivity index (χ2n) is 5.48. The van der Waals surface area contributed by atoms with Crippen molar-refractivity contribution in [3.8, 4) is 11.4 Å². The van der Waals surface area contributed by atoms with Crippen molar-refractivity contribution in [2.24, 2.45) is 0 Å². The fourth-order valence-corrected chi connectivity index (χ4v) is 2.42. The van der Waals surface area contributed by atoms with Gasteiger partial charge < -0.3 is 5.21 Å². The molecule has 9 heteroatoms. The lowest BCUT2D eigenvalue weighted by atomic mass is 10.1. The zero-order valence-electron chi connectivity index (χ0n) is 13.8. The van der Waals surface area contributed by atoms with E-state index in [4.69, 9.17) is 0 Å². The van der Waals surface area contributed by atoms with Gasteiger partial charge in [0.15, 0.2) is 0 Å². The molecule has 0 aliphatic carbocycles. The van der Waals surface area contributed by atoms with E-state index in [0.717, 1.165) is 0 Å². The van der Waals surface area contributed by atoms with Crippen molar-refractivity contribution in [1.29, 1.82) is 0 Å². The third-order valence-corrected chi connectivity index (χ3v) is 3.71. The van der Waals surface area contributed by atoms with Crippen LogP contribution >= 0.6 is 0 Å². The summed E-state index contributed by atoms with van der Waals surface area (Å²) in [5, 5.41) is 34.3. The first-order valence-corrected chi connectivity index (χ1v) is 7.71.